The van der Waals surface area contributed by atoms with E-state index in [1.165, 1.54) is 24.3 Å². The Morgan fingerprint density at radius 3 is 2.35 bits per heavy atom. The zero-order valence-corrected chi connectivity index (χ0v) is 12.1. The molecule has 3 nitrogen and oxygen atoms in total. The molecule has 1 aliphatic rings. The highest BCUT2D eigenvalue weighted by molar-refractivity contribution is 7.95. The number of halogens is 4. The first kappa shape index (κ1) is 15.9. The second-order valence-electron chi connectivity index (χ2n) is 4.28. The highest BCUT2D eigenvalue weighted by atomic mass is 35.5. The number of benzene rings is 1. The molecule has 0 aliphatic carbocycles. The largest absolute Gasteiger partial charge is 0.408 e. The number of rotatable bonds is 4. The Balaban J connectivity index is 2.02. The number of nitrogens with one attached hydrogen (secondary N) is 1. The smallest absolute Gasteiger partial charge is 0.379 e. The summed E-state index contributed by atoms with van der Waals surface area (Å²) in [6.07, 6.45) is -4.37. The van der Waals surface area contributed by atoms with Crippen molar-refractivity contribution in [1.82, 2.24) is 9.03 Å². The van der Waals surface area contributed by atoms with Gasteiger partial charge in [0.15, 0.2) is 0 Å². The van der Waals surface area contributed by atoms with E-state index in [0.717, 1.165) is 12.1 Å². The molecule has 1 saturated heterocycles. The van der Waals surface area contributed by atoms with Crippen LogP contribution in [-0.4, -0.2) is 36.8 Å². The van der Waals surface area contributed by atoms with Crippen molar-refractivity contribution in [3.63, 3.8) is 0 Å². The topological polar surface area (TPSA) is 24.5 Å². The predicted molar refractivity (Wildman–Crippen MR) is 73.4 cm³/mol. The minimum atomic E-state index is -4.37. The molecule has 112 valence electrons. The third-order valence-electron chi connectivity index (χ3n) is 2.80. The molecular weight excluding hydrogens is 313 g/mol. The zero-order chi connectivity index (χ0) is 14.6. The molecule has 1 atom stereocenters. The van der Waals surface area contributed by atoms with Gasteiger partial charge in [0.1, 0.15) is 6.04 Å². The molecule has 20 heavy (non-hydrogen) atoms. The lowest BCUT2D eigenvalue weighted by atomic mass is 10.1. The van der Waals surface area contributed by atoms with Crippen molar-refractivity contribution < 1.29 is 17.9 Å². The van der Waals surface area contributed by atoms with Crippen molar-refractivity contribution in [2.24, 2.45) is 0 Å². The zero-order valence-electron chi connectivity index (χ0n) is 10.5. The number of hydrogen-bond donors (Lipinski definition) is 1. The van der Waals surface area contributed by atoms with E-state index in [1.54, 1.807) is 0 Å². The third kappa shape index (κ3) is 4.53. The van der Waals surface area contributed by atoms with Crippen molar-refractivity contribution in [3.8, 4) is 0 Å². The van der Waals surface area contributed by atoms with Crippen molar-refractivity contribution in [3.05, 3.63) is 34.9 Å². The van der Waals surface area contributed by atoms with Gasteiger partial charge in [-0.1, -0.05) is 23.7 Å². The standard InChI is InChI=1S/C12H14ClF3N2OS/c13-10-3-1-9(2-4-10)11(12(14,15)16)17-20-18-5-7-19-8-6-18/h1-4,11,17H,5-8H2. The number of hydrogen-bond acceptors (Lipinski definition) is 4. The third-order valence-corrected chi connectivity index (χ3v) is 4.02. The highest BCUT2D eigenvalue weighted by Gasteiger charge is 2.41. The van der Waals surface area contributed by atoms with Crippen molar-refractivity contribution in [2.45, 2.75) is 12.2 Å². The Labute approximate surface area is 124 Å². The molecule has 1 heterocycles. The first-order valence-corrected chi connectivity index (χ1v) is 7.19. The van der Waals surface area contributed by atoms with Gasteiger partial charge in [-0.15, -0.1) is 0 Å². The van der Waals surface area contributed by atoms with Crippen LogP contribution < -0.4 is 4.72 Å². The van der Waals surface area contributed by atoms with Crippen molar-refractivity contribution >= 4 is 23.7 Å². The molecule has 8 heteroatoms. The fourth-order valence-electron chi connectivity index (χ4n) is 1.74. The van der Waals surface area contributed by atoms with Gasteiger partial charge in [-0.2, -0.15) is 13.2 Å². The lowest BCUT2D eigenvalue weighted by Gasteiger charge is -2.28. The Morgan fingerprint density at radius 1 is 1.20 bits per heavy atom. The number of morpholine rings is 1. The van der Waals surface area contributed by atoms with E-state index in [0.29, 0.717) is 31.3 Å². The number of nitrogens with zero attached hydrogens (tertiary/aromatic N) is 1. The van der Waals surface area contributed by atoms with E-state index in [4.69, 9.17) is 16.3 Å². The van der Waals surface area contributed by atoms with Gasteiger partial charge in [-0.05, 0) is 17.7 Å². The predicted octanol–water partition coefficient (Wildman–Crippen LogP) is 3.43. The van der Waals surface area contributed by atoms with Crippen LogP contribution in [0.4, 0.5) is 13.2 Å². The molecule has 2 rings (SSSR count). The van der Waals surface area contributed by atoms with Gasteiger partial charge in [0, 0.05) is 30.2 Å². The minimum Gasteiger partial charge on any atom is -0.379 e. The van der Waals surface area contributed by atoms with E-state index in [9.17, 15) is 13.2 Å². The molecule has 1 aliphatic heterocycles. The molecule has 1 aromatic carbocycles. The van der Waals surface area contributed by atoms with Gasteiger partial charge in [0.05, 0.1) is 13.2 Å². The summed E-state index contributed by atoms with van der Waals surface area (Å²) in [7, 11) is 0. The number of ether oxygens (including phenoxy) is 1. The van der Waals surface area contributed by atoms with Crippen LogP contribution in [0.1, 0.15) is 11.6 Å². The quantitative estimate of drug-likeness (QED) is 0.857. The summed E-state index contributed by atoms with van der Waals surface area (Å²) in [4.78, 5) is 0. The lowest BCUT2D eigenvalue weighted by molar-refractivity contribution is -0.152. The van der Waals surface area contributed by atoms with Gasteiger partial charge >= 0.3 is 6.18 Å². The van der Waals surface area contributed by atoms with Crippen LogP contribution in [0.3, 0.4) is 0 Å². The molecular formula is C12H14ClF3N2OS. The van der Waals surface area contributed by atoms with Gasteiger partial charge in [0.25, 0.3) is 0 Å². The Bertz CT molecular complexity index is 424. The molecule has 1 N–H and O–H groups in total. The maximum absolute atomic E-state index is 13.1. The van der Waals surface area contributed by atoms with Crippen LogP contribution in [0.2, 0.25) is 5.02 Å². The van der Waals surface area contributed by atoms with Crippen LogP contribution in [-0.2, 0) is 4.74 Å². The molecule has 0 saturated carbocycles. The summed E-state index contributed by atoms with van der Waals surface area (Å²) >= 11 is 6.68. The summed E-state index contributed by atoms with van der Waals surface area (Å²) in [5, 5.41) is 0.413. The van der Waals surface area contributed by atoms with Crippen molar-refractivity contribution in [1.29, 1.82) is 0 Å². The Kier molecular flexibility index (Phi) is 5.57. The van der Waals surface area contributed by atoms with E-state index < -0.39 is 12.2 Å². The average molecular weight is 327 g/mol. The summed E-state index contributed by atoms with van der Waals surface area (Å²) in [5.41, 5.74) is 0.141. The van der Waals surface area contributed by atoms with Gasteiger partial charge in [0.2, 0.25) is 0 Å². The van der Waals surface area contributed by atoms with Crippen LogP contribution in [0.5, 0.6) is 0 Å². The lowest BCUT2D eigenvalue weighted by Crippen LogP contribution is -2.37. The van der Waals surface area contributed by atoms with Crippen LogP contribution in [0, 0.1) is 0 Å². The summed E-state index contributed by atoms with van der Waals surface area (Å²) in [5.74, 6) is 0. The molecule has 0 bridgehead atoms. The molecule has 0 spiro atoms. The molecule has 1 fully saturated rings. The fourth-order valence-corrected chi connectivity index (χ4v) is 2.73. The molecule has 0 amide bonds. The van der Waals surface area contributed by atoms with Crippen molar-refractivity contribution in [2.75, 3.05) is 26.3 Å². The van der Waals surface area contributed by atoms with E-state index in [2.05, 4.69) is 4.72 Å². The van der Waals surface area contributed by atoms with Crippen LogP contribution >= 0.6 is 23.7 Å². The number of alkyl halides is 3. The second-order valence-corrected chi connectivity index (χ2v) is 5.65. The normalized spacial score (nSPS) is 19.0. The molecule has 1 aromatic rings. The van der Waals surface area contributed by atoms with Crippen LogP contribution in [0.25, 0.3) is 0 Å². The second kappa shape index (κ2) is 7.00. The monoisotopic (exact) mass is 326 g/mol. The Morgan fingerprint density at radius 2 is 1.80 bits per heavy atom. The summed E-state index contributed by atoms with van der Waals surface area (Å²) in [6.45, 7) is 2.27. The average Bonchev–Trinajstić information content (AvgIpc) is 2.41. The molecule has 0 radical (unpaired) electrons. The first-order valence-electron chi connectivity index (χ1n) is 6.04. The fraction of sp³-hybridized carbons (Fsp3) is 0.500. The molecule has 1 unspecified atom stereocenters. The maximum atomic E-state index is 13.1. The van der Waals surface area contributed by atoms with Gasteiger partial charge < -0.3 is 4.74 Å². The SMILES string of the molecule is FC(F)(F)C(NSN1CCOCC1)c1ccc(Cl)cc1. The molecule has 0 aromatic heterocycles. The van der Waals surface area contributed by atoms with Crippen LogP contribution in [0.15, 0.2) is 24.3 Å². The van der Waals surface area contributed by atoms with E-state index in [1.807, 2.05) is 4.31 Å². The summed E-state index contributed by atoms with van der Waals surface area (Å²) < 4.78 is 48.8. The first-order chi connectivity index (χ1) is 9.47. The van der Waals surface area contributed by atoms with E-state index >= 15 is 0 Å². The summed E-state index contributed by atoms with van der Waals surface area (Å²) in [6, 6.07) is 3.95. The highest BCUT2D eigenvalue weighted by Crippen LogP contribution is 2.35. The van der Waals surface area contributed by atoms with E-state index in [-0.39, 0.29) is 5.56 Å². The maximum Gasteiger partial charge on any atom is 0.408 e. The van der Waals surface area contributed by atoms with Gasteiger partial charge in [-0.3, -0.25) is 0 Å². The minimum absolute atomic E-state index is 0.141. The van der Waals surface area contributed by atoms with Gasteiger partial charge in [-0.25, -0.2) is 9.03 Å². The Hall–Kier alpha value is -0.470.